The minimum Gasteiger partial charge on any atom is -0.444 e. The fourth-order valence-electron chi connectivity index (χ4n) is 4.16. The number of rotatable bonds is 5. The fraction of sp³-hybridized carbons (Fsp3) is 0.560. The summed E-state index contributed by atoms with van der Waals surface area (Å²) >= 11 is 0. The minimum absolute atomic E-state index is 0.0363. The van der Waals surface area contributed by atoms with E-state index in [-0.39, 0.29) is 24.1 Å². The first kappa shape index (κ1) is 23.9. The van der Waals surface area contributed by atoms with Crippen molar-refractivity contribution in [3.8, 4) is 11.4 Å². The van der Waals surface area contributed by atoms with Crippen molar-refractivity contribution in [1.29, 1.82) is 0 Å². The lowest BCUT2D eigenvalue weighted by molar-refractivity contribution is 0.0142. The second-order valence-corrected chi connectivity index (χ2v) is 10.2. The highest BCUT2D eigenvalue weighted by atomic mass is 16.6. The minimum atomic E-state index is -0.513. The van der Waals surface area contributed by atoms with Gasteiger partial charge in [0.05, 0.1) is 5.56 Å². The molecule has 1 aliphatic carbocycles. The van der Waals surface area contributed by atoms with E-state index in [4.69, 9.17) is 4.74 Å². The van der Waals surface area contributed by atoms with Crippen molar-refractivity contribution in [3.05, 3.63) is 36.3 Å². The van der Waals surface area contributed by atoms with Crippen LogP contribution in [0.25, 0.3) is 11.4 Å². The molecule has 0 atom stereocenters. The molecule has 2 aromatic heterocycles. The summed E-state index contributed by atoms with van der Waals surface area (Å²) in [5, 5.41) is 0. The van der Waals surface area contributed by atoms with E-state index in [0.29, 0.717) is 24.5 Å². The highest BCUT2D eigenvalue weighted by Crippen LogP contribution is 2.33. The molecular formula is C25H34N6O3. The third-order valence-electron chi connectivity index (χ3n) is 6.05. The van der Waals surface area contributed by atoms with Crippen LogP contribution in [0.1, 0.15) is 56.8 Å². The number of likely N-dealkylation sites (tertiary alicyclic amines) is 1. The zero-order valence-corrected chi connectivity index (χ0v) is 20.7. The van der Waals surface area contributed by atoms with Crippen molar-refractivity contribution in [2.75, 3.05) is 32.1 Å². The topological polar surface area (TPSA) is 91.8 Å². The molecule has 0 bridgehead atoms. The summed E-state index contributed by atoms with van der Waals surface area (Å²) < 4.78 is 5.50. The van der Waals surface area contributed by atoms with E-state index in [1.54, 1.807) is 23.5 Å². The molecule has 0 aromatic carbocycles. The third kappa shape index (κ3) is 5.63. The van der Waals surface area contributed by atoms with E-state index >= 15 is 0 Å². The zero-order valence-electron chi connectivity index (χ0n) is 20.7. The fourth-order valence-corrected chi connectivity index (χ4v) is 4.16. The molecule has 0 radical (unpaired) electrons. The normalized spacial score (nSPS) is 16.8. The van der Waals surface area contributed by atoms with Gasteiger partial charge in [-0.2, -0.15) is 0 Å². The Bertz CT molecular complexity index is 1000. The number of nitrogens with zero attached hydrogens (tertiary/aromatic N) is 6. The van der Waals surface area contributed by atoms with Crippen molar-refractivity contribution in [3.63, 3.8) is 0 Å². The number of aromatic nitrogens is 3. The van der Waals surface area contributed by atoms with Crippen molar-refractivity contribution < 1.29 is 14.3 Å². The number of piperidine rings is 1. The molecule has 1 saturated carbocycles. The Morgan fingerprint density at radius 2 is 1.56 bits per heavy atom. The van der Waals surface area contributed by atoms with E-state index in [9.17, 15) is 9.59 Å². The van der Waals surface area contributed by atoms with Crippen molar-refractivity contribution in [2.24, 2.45) is 0 Å². The lowest BCUT2D eigenvalue weighted by Gasteiger charge is -2.39. The second-order valence-electron chi connectivity index (χ2n) is 10.2. The molecular weight excluding hydrogens is 432 g/mol. The van der Waals surface area contributed by atoms with Gasteiger partial charge in [-0.15, -0.1) is 0 Å². The zero-order chi connectivity index (χ0) is 24.5. The number of anilines is 1. The lowest BCUT2D eigenvalue weighted by Crippen LogP contribution is -2.50. The predicted molar refractivity (Wildman–Crippen MR) is 130 cm³/mol. The molecule has 2 amide bonds. The SMILES string of the molecule is CN(C)c1ccc(-c2ncc(C(=O)N(C3CC3)C3CCN(C(=O)OC(C)(C)C)CC3)cn2)cn1. The average molecular weight is 467 g/mol. The molecule has 2 aliphatic rings. The Kier molecular flexibility index (Phi) is 6.72. The molecule has 9 heteroatoms. The second kappa shape index (κ2) is 9.56. The van der Waals surface area contributed by atoms with E-state index in [1.165, 1.54) is 0 Å². The Morgan fingerprint density at radius 1 is 0.941 bits per heavy atom. The van der Waals surface area contributed by atoms with Gasteiger partial charge in [-0.1, -0.05) is 0 Å². The highest BCUT2D eigenvalue weighted by molar-refractivity contribution is 5.94. The van der Waals surface area contributed by atoms with Gasteiger partial charge in [-0.05, 0) is 58.6 Å². The molecule has 1 saturated heterocycles. The predicted octanol–water partition coefficient (Wildman–Crippen LogP) is 3.61. The van der Waals surface area contributed by atoms with Crippen LogP contribution in [0.3, 0.4) is 0 Å². The van der Waals surface area contributed by atoms with Gasteiger partial charge in [-0.25, -0.2) is 19.7 Å². The summed E-state index contributed by atoms with van der Waals surface area (Å²) in [7, 11) is 3.87. The monoisotopic (exact) mass is 466 g/mol. The smallest absolute Gasteiger partial charge is 0.410 e. The molecule has 0 spiro atoms. The maximum absolute atomic E-state index is 13.4. The number of pyridine rings is 1. The van der Waals surface area contributed by atoms with Crippen LogP contribution >= 0.6 is 0 Å². The highest BCUT2D eigenvalue weighted by Gasteiger charge is 2.40. The Labute approximate surface area is 201 Å². The summed E-state index contributed by atoms with van der Waals surface area (Å²) in [6.45, 7) is 6.78. The maximum atomic E-state index is 13.4. The lowest BCUT2D eigenvalue weighted by atomic mass is 10.0. The average Bonchev–Trinajstić information content (AvgIpc) is 3.64. The standard InChI is InChI=1S/C25H34N6O3/c1-25(2,3)34-24(33)30-12-10-20(11-13-30)31(19-7-8-19)23(32)18-15-27-22(28-16-18)17-6-9-21(26-14-17)29(4)5/h6,9,14-16,19-20H,7-8,10-13H2,1-5H3. The van der Waals surface area contributed by atoms with Gasteiger partial charge < -0.3 is 19.4 Å². The molecule has 2 aromatic rings. The van der Waals surface area contributed by atoms with Crippen molar-refractivity contribution in [1.82, 2.24) is 24.8 Å². The van der Waals surface area contributed by atoms with Gasteiger partial charge in [0.2, 0.25) is 0 Å². The van der Waals surface area contributed by atoms with Gasteiger partial charge >= 0.3 is 6.09 Å². The summed E-state index contributed by atoms with van der Waals surface area (Å²) in [5.41, 5.74) is 0.779. The first-order chi connectivity index (χ1) is 16.1. The van der Waals surface area contributed by atoms with Crippen LogP contribution < -0.4 is 4.90 Å². The molecule has 3 heterocycles. The van der Waals surface area contributed by atoms with Crippen molar-refractivity contribution in [2.45, 2.75) is 64.1 Å². The Hall–Kier alpha value is -3.23. The summed E-state index contributed by atoms with van der Waals surface area (Å²) in [5.74, 6) is 1.36. The third-order valence-corrected chi connectivity index (χ3v) is 6.05. The van der Waals surface area contributed by atoms with Crippen molar-refractivity contribution >= 4 is 17.8 Å². The number of ether oxygens (including phenoxy) is 1. The van der Waals surface area contributed by atoms with Crippen LogP contribution in [-0.4, -0.2) is 81.6 Å². The summed E-state index contributed by atoms with van der Waals surface area (Å²) in [6, 6.07) is 4.19. The summed E-state index contributed by atoms with van der Waals surface area (Å²) in [6.07, 6.45) is 8.18. The van der Waals surface area contributed by atoms with Crippen LogP contribution in [0.4, 0.5) is 10.6 Å². The molecule has 1 aliphatic heterocycles. The van der Waals surface area contributed by atoms with Crippen LogP contribution in [-0.2, 0) is 4.74 Å². The van der Waals surface area contributed by atoms with Gasteiger partial charge in [0.25, 0.3) is 5.91 Å². The summed E-state index contributed by atoms with van der Waals surface area (Å²) in [4.78, 5) is 44.8. The molecule has 4 rings (SSSR count). The molecule has 2 fully saturated rings. The molecule has 182 valence electrons. The number of carbonyl (C=O) groups is 2. The van der Waals surface area contributed by atoms with Gasteiger partial charge in [-0.3, -0.25) is 4.79 Å². The number of amides is 2. The quantitative estimate of drug-likeness (QED) is 0.665. The van der Waals surface area contributed by atoms with Gasteiger partial charge in [0, 0.05) is 63.4 Å². The van der Waals surface area contributed by atoms with E-state index < -0.39 is 5.60 Å². The first-order valence-corrected chi connectivity index (χ1v) is 11.9. The van der Waals surface area contributed by atoms with Gasteiger partial charge in [0.15, 0.2) is 5.82 Å². The van der Waals surface area contributed by atoms with E-state index in [0.717, 1.165) is 37.1 Å². The van der Waals surface area contributed by atoms with E-state index in [2.05, 4.69) is 15.0 Å². The molecule has 0 N–H and O–H groups in total. The van der Waals surface area contributed by atoms with E-state index in [1.807, 2.05) is 56.8 Å². The molecule has 34 heavy (non-hydrogen) atoms. The van der Waals surface area contributed by atoms with Crippen LogP contribution in [0.5, 0.6) is 0 Å². The maximum Gasteiger partial charge on any atom is 0.410 e. The molecule has 0 unspecified atom stereocenters. The van der Waals surface area contributed by atoms with Crippen LogP contribution in [0, 0.1) is 0 Å². The van der Waals surface area contributed by atoms with Gasteiger partial charge in [0.1, 0.15) is 11.4 Å². The number of carbonyl (C=O) groups excluding carboxylic acids is 2. The first-order valence-electron chi connectivity index (χ1n) is 11.9. The Morgan fingerprint density at radius 3 is 2.06 bits per heavy atom. The largest absolute Gasteiger partial charge is 0.444 e. The molecule has 9 nitrogen and oxygen atoms in total. The Balaban J connectivity index is 1.41. The number of hydrogen-bond acceptors (Lipinski definition) is 7. The van der Waals surface area contributed by atoms with Crippen LogP contribution in [0.15, 0.2) is 30.7 Å². The van der Waals surface area contributed by atoms with Crippen LogP contribution in [0.2, 0.25) is 0 Å². The number of hydrogen-bond donors (Lipinski definition) is 0.